The molecule has 0 heterocycles. The van der Waals surface area contributed by atoms with Gasteiger partial charge in [-0.15, -0.1) is 12.4 Å². The number of hydrogen-bond acceptors (Lipinski definition) is 3. The number of para-hydroxylation sites is 1. The van der Waals surface area contributed by atoms with Crippen LogP contribution in [-0.4, -0.2) is 26.6 Å². The van der Waals surface area contributed by atoms with E-state index >= 15 is 0 Å². The van der Waals surface area contributed by atoms with Crippen LogP contribution in [0.3, 0.4) is 0 Å². The maximum Gasteiger partial charge on any atom is 0.220 e. The summed E-state index contributed by atoms with van der Waals surface area (Å²) in [5.41, 5.74) is 1.74. The molecule has 0 aliphatic carbocycles. The van der Waals surface area contributed by atoms with E-state index in [2.05, 4.69) is 10.6 Å². The van der Waals surface area contributed by atoms with Crippen molar-refractivity contribution in [3.05, 3.63) is 64.7 Å². The SMILES string of the molecule is CNCCCC(=O)NC(c1ccccc1Cl)c1ccccc1OC.Cl. The first-order valence-corrected chi connectivity index (χ1v) is 8.36. The lowest BCUT2D eigenvalue weighted by Crippen LogP contribution is -2.30. The van der Waals surface area contributed by atoms with E-state index in [0.717, 1.165) is 29.8 Å². The fourth-order valence-corrected chi connectivity index (χ4v) is 2.84. The van der Waals surface area contributed by atoms with Crippen LogP contribution in [0.1, 0.15) is 30.0 Å². The summed E-state index contributed by atoms with van der Waals surface area (Å²) >= 11 is 6.37. The normalized spacial score (nSPS) is 11.3. The van der Waals surface area contributed by atoms with Crippen LogP contribution in [0.2, 0.25) is 5.02 Å². The Morgan fingerprint density at radius 2 is 1.76 bits per heavy atom. The summed E-state index contributed by atoms with van der Waals surface area (Å²) in [7, 11) is 3.50. The van der Waals surface area contributed by atoms with Gasteiger partial charge in [-0.1, -0.05) is 48.0 Å². The zero-order chi connectivity index (χ0) is 17.4. The molecule has 0 spiro atoms. The van der Waals surface area contributed by atoms with E-state index in [1.165, 1.54) is 0 Å². The van der Waals surface area contributed by atoms with Gasteiger partial charge in [0.1, 0.15) is 5.75 Å². The number of carbonyl (C=O) groups excluding carboxylic acids is 1. The van der Waals surface area contributed by atoms with Gasteiger partial charge in [0.15, 0.2) is 0 Å². The topological polar surface area (TPSA) is 50.4 Å². The van der Waals surface area contributed by atoms with Crippen molar-refractivity contribution in [1.29, 1.82) is 0 Å². The smallest absolute Gasteiger partial charge is 0.220 e. The van der Waals surface area contributed by atoms with Gasteiger partial charge in [0, 0.05) is 17.0 Å². The average Bonchev–Trinajstić information content (AvgIpc) is 2.60. The van der Waals surface area contributed by atoms with Crippen LogP contribution in [-0.2, 0) is 4.79 Å². The minimum Gasteiger partial charge on any atom is -0.496 e. The summed E-state index contributed by atoms with van der Waals surface area (Å²) in [4.78, 5) is 12.4. The lowest BCUT2D eigenvalue weighted by molar-refractivity contribution is -0.121. The standard InChI is InChI=1S/C19H23ClN2O2.ClH/c1-21-13-7-12-18(23)22-19(14-8-3-5-10-16(14)20)15-9-4-6-11-17(15)24-2;/h3-6,8-11,19,21H,7,12-13H2,1-2H3,(H,22,23);1H. The highest BCUT2D eigenvalue weighted by atomic mass is 35.5. The molecule has 0 saturated heterocycles. The maximum absolute atomic E-state index is 12.4. The van der Waals surface area contributed by atoms with Crippen molar-refractivity contribution in [1.82, 2.24) is 10.6 Å². The van der Waals surface area contributed by atoms with Gasteiger partial charge in [-0.25, -0.2) is 0 Å². The van der Waals surface area contributed by atoms with Gasteiger partial charge in [-0.05, 0) is 37.7 Å². The van der Waals surface area contributed by atoms with Crippen molar-refractivity contribution >= 4 is 29.9 Å². The molecule has 0 aliphatic heterocycles. The van der Waals surface area contributed by atoms with Crippen LogP contribution in [0.5, 0.6) is 5.75 Å². The Morgan fingerprint density at radius 3 is 2.40 bits per heavy atom. The van der Waals surface area contributed by atoms with Gasteiger partial charge in [0.05, 0.1) is 13.2 Å². The maximum atomic E-state index is 12.4. The Bertz CT molecular complexity index is 680. The minimum atomic E-state index is -0.350. The lowest BCUT2D eigenvalue weighted by atomic mass is 9.97. The number of nitrogens with one attached hydrogen (secondary N) is 2. The highest BCUT2D eigenvalue weighted by Gasteiger charge is 2.22. The number of benzene rings is 2. The van der Waals surface area contributed by atoms with E-state index in [1.807, 2.05) is 55.6 Å². The first kappa shape index (κ1) is 21.3. The van der Waals surface area contributed by atoms with Gasteiger partial charge in [0.25, 0.3) is 0 Å². The molecule has 2 aromatic carbocycles. The van der Waals surface area contributed by atoms with Gasteiger partial charge in [0.2, 0.25) is 5.91 Å². The van der Waals surface area contributed by atoms with Crippen LogP contribution >= 0.6 is 24.0 Å². The van der Waals surface area contributed by atoms with Crippen LogP contribution in [0.25, 0.3) is 0 Å². The molecular weight excluding hydrogens is 359 g/mol. The number of halogens is 2. The molecule has 0 aliphatic rings. The number of methoxy groups -OCH3 is 1. The van der Waals surface area contributed by atoms with Crippen LogP contribution < -0.4 is 15.4 Å². The molecule has 2 N–H and O–H groups in total. The van der Waals surface area contributed by atoms with E-state index in [1.54, 1.807) is 7.11 Å². The van der Waals surface area contributed by atoms with E-state index in [-0.39, 0.29) is 24.4 Å². The monoisotopic (exact) mass is 382 g/mol. The lowest BCUT2D eigenvalue weighted by Gasteiger charge is -2.23. The third-order valence-corrected chi connectivity index (χ3v) is 4.15. The molecule has 136 valence electrons. The van der Waals surface area contributed by atoms with Crippen molar-refractivity contribution < 1.29 is 9.53 Å². The predicted molar refractivity (Wildman–Crippen MR) is 105 cm³/mol. The number of ether oxygens (including phenoxy) is 1. The molecule has 6 heteroatoms. The molecule has 0 bridgehead atoms. The zero-order valence-corrected chi connectivity index (χ0v) is 16.0. The molecule has 0 saturated carbocycles. The minimum absolute atomic E-state index is 0. The van der Waals surface area contributed by atoms with Gasteiger partial charge in [-0.3, -0.25) is 4.79 Å². The Labute approximate surface area is 160 Å². The summed E-state index contributed by atoms with van der Waals surface area (Å²) in [5.74, 6) is 0.707. The van der Waals surface area contributed by atoms with Gasteiger partial charge in [-0.2, -0.15) is 0 Å². The molecule has 0 aromatic heterocycles. The molecule has 1 atom stereocenters. The third kappa shape index (κ3) is 5.92. The number of carbonyl (C=O) groups is 1. The van der Waals surface area contributed by atoms with Gasteiger partial charge >= 0.3 is 0 Å². The number of hydrogen-bond donors (Lipinski definition) is 2. The first-order valence-electron chi connectivity index (χ1n) is 7.98. The van der Waals surface area contributed by atoms with E-state index < -0.39 is 0 Å². The van der Waals surface area contributed by atoms with E-state index in [4.69, 9.17) is 16.3 Å². The number of rotatable bonds is 8. The Hall–Kier alpha value is -1.75. The van der Waals surface area contributed by atoms with Crippen molar-refractivity contribution in [2.75, 3.05) is 20.7 Å². The summed E-state index contributed by atoms with van der Waals surface area (Å²) < 4.78 is 5.46. The molecule has 2 rings (SSSR count). The Kier molecular flexibility index (Phi) is 9.35. The van der Waals surface area contributed by atoms with Crippen LogP contribution in [0, 0.1) is 0 Å². The highest BCUT2D eigenvalue weighted by molar-refractivity contribution is 6.31. The average molecular weight is 383 g/mol. The van der Waals surface area contributed by atoms with Crippen LogP contribution in [0.15, 0.2) is 48.5 Å². The quantitative estimate of drug-likeness (QED) is 0.678. The second kappa shape index (κ2) is 11.0. The van der Waals surface area contributed by atoms with Gasteiger partial charge < -0.3 is 15.4 Å². The van der Waals surface area contributed by atoms with Crippen molar-refractivity contribution in [2.45, 2.75) is 18.9 Å². The molecule has 1 amide bonds. The largest absolute Gasteiger partial charge is 0.496 e. The fraction of sp³-hybridized carbons (Fsp3) is 0.316. The molecular formula is C19H24Cl2N2O2. The Morgan fingerprint density at radius 1 is 1.12 bits per heavy atom. The van der Waals surface area contributed by atoms with Crippen molar-refractivity contribution in [2.24, 2.45) is 0 Å². The molecule has 4 nitrogen and oxygen atoms in total. The molecule has 25 heavy (non-hydrogen) atoms. The highest BCUT2D eigenvalue weighted by Crippen LogP contribution is 2.33. The first-order chi connectivity index (χ1) is 11.7. The molecule has 0 radical (unpaired) electrons. The third-order valence-electron chi connectivity index (χ3n) is 3.80. The molecule has 0 fully saturated rings. The summed E-state index contributed by atoms with van der Waals surface area (Å²) in [6, 6.07) is 14.8. The van der Waals surface area contributed by atoms with E-state index in [0.29, 0.717) is 11.4 Å². The summed E-state index contributed by atoms with van der Waals surface area (Å²) in [6.45, 7) is 0.804. The second-order valence-corrected chi connectivity index (χ2v) is 5.88. The number of amides is 1. The molecule has 1 unspecified atom stereocenters. The van der Waals surface area contributed by atoms with Crippen molar-refractivity contribution in [3.8, 4) is 5.75 Å². The van der Waals surface area contributed by atoms with E-state index in [9.17, 15) is 4.79 Å². The summed E-state index contributed by atoms with van der Waals surface area (Å²) in [6.07, 6.45) is 1.24. The fourth-order valence-electron chi connectivity index (χ4n) is 2.60. The summed E-state index contributed by atoms with van der Waals surface area (Å²) in [5, 5.41) is 6.75. The Balaban J connectivity index is 0.00000312. The van der Waals surface area contributed by atoms with Crippen LogP contribution in [0.4, 0.5) is 0 Å². The zero-order valence-electron chi connectivity index (χ0n) is 14.4. The van der Waals surface area contributed by atoms with Crippen molar-refractivity contribution in [3.63, 3.8) is 0 Å². The predicted octanol–water partition coefficient (Wildman–Crippen LogP) is 3.98. The second-order valence-electron chi connectivity index (χ2n) is 5.47. The molecule has 2 aromatic rings.